The van der Waals surface area contributed by atoms with Gasteiger partial charge in [-0.05, 0) is 36.8 Å². The highest BCUT2D eigenvalue weighted by molar-refractivity contribution is 5.40. The van der Waals surface area contributed by atoms with Crippen molar-refractivity contribution in [3.63, 3.8) is 0 Å². The summed E-state index contributed by atoms with van der Waals surface area (Å²) in [7, 11) is 0. The summed E-state index contributed by atoms with van der Waals surface area (Å²) in [5, 5.41) is 8.34. The summed E-state index contributed by atoms with van der Waals surface area (Å²) >= 11 is 0. The molecule has 0 amide bonds. The average Bonchev–Trinajstić information content (AvgIpc) is 2.45. The van der Waals surface area contributed by atoms with Crippen molar-refractivity contribution in [3.8, 4) is 0 Å². The lowest BCUT2D eigenvalue weighted by atomic mass is 10.2. The first-order valence-corrected chi connectivity index (χ1v) is 6.02. The van der Waals surface area contributed by atoms with Gasteiger partial charge < -0.3 is 4.74 Å². The molecule has 0 heterocycles. The van der Waals surface area contributed by atoms with Crippen molar-refractivity contribution in [2.24, 2.45) is 10.2 Å². The normalized spacial score (nSPS) is 10.9. The molecule has 0 spiro atoms. The molecule has 0 aliphatic heterocycles. The number of azo groups is 1. The predicted molar refractivity (Wildman–Crippen MR) is 72.4 cm³/mol. The molecule has 2 aromatic carbocycles. The summed E-state index contributed by atoms with van der Waals surface area (Å²) in [6, 6.07) is 17.6. The van der Waals surface area contributed by atoms with Gasteiger partial charge in [-0.3, -0.25) is 0 Å². The Morgan fingerprint density at radius 2 is 1.44 bits per heavy atom. The number of hydrogen-bond acceptors (Lipinski definition) is 3. The molecule has 0 unspecified atom stereocenters. The van der Waals surface area contributed by atoms with Crippen LogP contribution in [-0.2, 0) is 11.3 Å². The van der Waals surface area contributed by atoms with Crippen molar-refractivity contribution in [1.82, 2.24) is 0 Å². The maximum atomic E-state index is 5.33. The van der Waals surface area contributed by atoms with Crippen molar-refractivity contribution in [2.45, 2.75) is 13.5 Å². The van der Waals surface area contributed by atoms with Crippen LogP contribution in [0.2, 0.25) is 0 Å². The first kappa shape index (κ1) is 12.5. The fourth-order valence-corrected chi connectivity index (χ4v) is 1.49. The Kier molecular flexibility index (Phi) is 4.61. The fourth-order valence-electron chi connectivity index (χ4n) is 1.49. The zero-order chi connectivity index (χ0) is 12.6. The molecule has 0 radical (unpaired) electrons. The van der Waals surface area contributed by atoms with E-state index in [0.29, 0.717) is 6.61 Å². The first-order chi connectivity index (χ1) is 8.88. The van der Waals surface area contributed by atoms with E-state index >= 15 is 0 Å². The van der Waals surface area contributed by atoms with E-state index in [1.807, 2.05) is 61.5 Å². The SMILES string of the molecule is CCOCc1ccc(N=Nc2ccccc2)cc1. The summed E-state index contributed by atoms with van der Waals surface area (Å²) in [6.45, 7) is 3.37. The molecule has 0 fully saturated rings. The van der Waals surface area contributed by atoms with Crippen LogP contribution in [0.4, 0.5) is 11.4 Å². The lowest BCUT2D eigenvalue weighted by molar-refractivity contribution is 0.134. The standard InChI is InChI=1S/C15H16N2O/c1-2-18-12-13-8-10-15(11-9-13)17-16-14-6-4-3-5-7-14/h3-11H,2,12H2,1H3. The Hall–Kier alpha value is -2.00. The number of rotatable bonds is 5. The van der Waals surface area contributed by atoms with Crippen LogP contribution < -0.4 is 0 Å². The smallest absolute Gasteiger partial charge is 0.0857 e. The largest absolute Gasteiger partial charge is 0.377 e. The van der Waals surface area contributed by atoms with E-state index in [0.717, 1.165) is 23.5 Å². The van der Waals surface area contributed by atoms with Crippen LogP contribution in [0.3, 0.4) is 0 Å². The average molecular weight is 240 g/mol. The molecule has 0 atom stereocenters. The van der Waals surface area contributed by atoms with Gasteiger partial charge in [-0.2, -0.15) is 10.2 Å². The third-order valence-electron chi connectivity index (χ3n) is 2.45. The molecule has 0 N–H and O–H groups in total. The van der Waals surface area contributed by atoms with Crippen LogP contribution in [0.25, 0.3) is 0 Å². The van der Waals surface area contributed by atoms with Gasteiger partial charge in [0.05, 0.1) is 18.0 Å². The number of benzene rings is 2. The minimum absolute atomic E-state index is 0.645. The number of hydrogen-bond donors (Lipinski definition) is 0. The van der Waals surface area contributed by atoms with E-state index in [2.05, 4.69) is 10.2 Å². The quantitative estimate of drug-likeness (QED) is 0.701. The third-order valence-corrected chi connectivity index (χ3v) is 2.45. The van der Waals surface area contributed by atoms with Gasteiger partial charge in [0.25, 0.3) is 0 Å². The van der Waals surface area contributed by atoms with Gasteiger partial charge in [-0.15, -0.1) is 0 Å². The third kappa shape index (κ3) is 3.79. The maximum Gasteiger partial charge on any atom is 0.0857 e. The van der Waals surface area contributed by atoms with Crippen LogP contribution in [-0.4, -0.2) is 6.61 Å². The molecular formula is C15H16N2O. The molecule has 0 aliphatic rings. The zero-order valence-corrected chi connectivity index (χ0v) is 10.4. The summed E-state index contributed by atoms with van der Waals surface area (Å²) in [6.07, 6.45) is 0. The summed E-state index contributed by atoms with van der Waals surface area (Å²) < 4.78 is 5.33. The molecule has 18 heavy (non-hydrogen) atoms. The van der Waals surface area contributed by atoms with E-state index in [-0.39, 0.29) is 0 Å². The van der Waals surface area contributed by atoms with E-state index in [1.165, 1.54) is 0 Å². The lowest BCUT2D eigenvalue weighted by Crippen LogP contribution is -1.90. The summed E-state index contributed by atoms with van der Waals surface area (Å²) in [5.74, 6) is 0. The second-order valence-corrected chi connectivity index (χ2v) is 3.84. The van der Waals surface area contributed by atoms with Crippen molar-refractivity contribution in [2.75, 3.05) is 6.61 Å². The van der Waals surface area contributed by atoms with Gasteiger partial charge >= 0.3 is 0 Å². The van der Waals surface area contributed by atoms with Crippen LogP contribution in [0.5, 0.6) is 0 Å². The van der Waals surface area contributed by atoms with Crippen molar-refractivity contribution in [1.29, 1.82) is 0 Å². The van der Waals surface area contributed by atoms with E-state index < -0.39 is 0 Å². The van der Waals surface area contributed by atoms with E-state index in [9.17, 15) is 0 Å². The highest BCUT2D eigenvalue weighted by atomic mass is 16.5. The van der Waals surface area contributed by atoms with Crippen LogP contribution >= 0.6 is 0 Å². The minimum Gasteiger partial charge on any atom is -0.377 e. The van der Waals surface area contributed by atoms with Crippen LogP contribution in [0.15, 0.2) is 64.8 Å². The molecule has 0 bridgehead atoms. The number of ether oxygens (including phenoxy) is 1. The Labute approximate surface area is 107 Å². The molecule has 0 saturated carbocycles. The Balaban J connectivity index is 2.00. The van der Waals surface area contributed by atoms with Gasteiger partial charge in [-0.25, -0.2) is 0 Å². The molecule has 3 heteroatoms. The molecule has 2 rings (SSSR count). The van der Waals surface area contributed by atoms with Crippen molar-refractivity contribution >= 4 is 11.4 Å². The molecule has 0 saturated heterocycles. The molecule has 2 aromatic rings. The van der Waals surface area contributed by atoms with E-state index in [4.69, 9.17) is 4.74 Å². The van der Waals surface area contributed by atoms with Gasteiger partial charge in [0.15, 0.2) is 0 Å². The van der Waals surface area contributed by atoms with Crippen molar-refractivity contribution < 1.29 is 4.74 Å². The van der Waals surface area contributed by atoms with Crippen LogP contribution in [0.1, 0.15) is 12.5 Å². The molecular weight excluding hydrogens is 224 g/mol. The van der Waals surface area contributed by atoms with Gasteiger partial charge in [-0.1, -0.05) is 30.3 Å². The van der Waals surface area contributed by atoms with Gasteiger partial charge in [0.1, 0.15) is 0 Å². The highest BCUT2D eigenvalue weighted by Crippen LogP contribution is 2.18. The molecule has 92 valence electrons. The second-order valence-electron chi connectivity index (χ2n) is 3.84. The Morgan fingerprint density at radius 1 is 0.833 bits per heavy atom. The van der Waals surface area contributed by atoms with Gasteiger partial charge in [0.2, 0.25) is 0 Å². The summed E-state index contributed by atoms with van der Waals surface area (Å²) in [5.41, 5.74) is 2.85. The topological polar surface area (TPSA) is 34.0 Å². The molecule has 0 aliphatic carbocycles. The van der Waals surface area contributed by atoms with Gasteiger partial charge in [0, 0.05) is 6.61 Å². The minimum atomic E-state index is 0.645. The zero-order valence-electron chi connectivity index (χ0n) is 10.4. The van der Waals surface area contributed by atoms with E-state index in [1.54, 1.807) is 0 Å². The second kappa shape index (κ2) is 6.67. The molecule has 3 nitrogen and oxygen atoms in total. The summed E-state index contributed by atoms with van der Waals surface area (Å²) in [4.78, 5) is 0. The first-order valence-electron chi connectivity index (χ1n) is 6.02. The fraction of sp³-hybridized carbons (Fsp3) is 0.200. The number of nitrogens with zero attached hydrogens (tertiary/aromatic N) is 2. The predicted octanol–water partition coefficient (Wildman–Crippen LogP) is 4.64. The monoisotopic (exact) mass is 240 g/mol. The molecule has 0 aromatic heterocycles. The Morgan fingerprint density at radius 3 is 2.06 bits per heavy atom. The Bertz CT molecular complexity index is 492. The lowest BCUT2D eigenvalue weighted by Gasteiger charge is -2.01. The van der Waals surface area contributed by atoms with Crippen molar-refractivity contribution in [3.05, 3.63) is 60.2 Å². The maximum absolute atomic E-state index is 5.33. The highest BCUT2D eigenvalue weighted by Gasteiger charge is 1.93. The van der Waals surface area contributed by atoms with Crippen LogP contribution in [0, 0.1) is 0 Å².